The molecule has 10 heteroatoms. The number of rotatable bonds is 6. The van der Waals surface area contributed by atoms with Crippen molar-refractivity contribution >= 4 is 46.7 Å². The van der Waals surface area contributed by atoms with Crippen molar-refractivity contribution in [2.45, 2.75) is 19.2 Å². The number of nitrogens with one attached hydrogen (secondary N) is 2. The summed E-state index contributed by atoms with van der Waals surface area (Å²) in [5, 5.41) is 2.82. The largest absolute Gasteiger partial charge is 0.573 e. The number of nitrogens with two attached hydrogens (primary N) is 1. The Hall–Kier alpha value is -2.50. The highest BCUT2D eigenvalue weighted by atomic mass is 127. The molecule has 150 valence electrons. The van der Waals surface area contributed by atoms with Gasteiger partial charge in [0, 0.05) is 18.7 Å². The van der Waals surface area contributed by atoms with E-state index < -0.39 is 6.36 Å². The van der Waals surface area contributed by atoms with Crippen LogP contribution in [0, 0.1) is 0 Å². The van der Waals surface area contributed by atoms with Crippen LogP contribution in [0.1, 0.15) is 12.2 Å². The average Bonchev–Trinajstić information content (AvgIpc) is 3.02. The van der Waals surface area contributed by atoms with Crippen molar-refractivity contribution in [3.63, 3.8) is 0 Å². The van der Waals surface area contributed by atoms with Crippen molar-refractivity contribution in [3.8, 4) is 5.75 Å². The summed E-state index contributed by atoms with van der Waals surface area (Å²) in [5.41, 5.74) is 8.23. The van der Waals surface area contributed by atoms with Crippen LogP contribution in [0.3, 0.4) is 0 Å². The van der Waals surface area contributed by atoms with E-state index in [0.717, 1.165) is 29.7 Å². The third kappa shape index (κ3) is 6.59. The number of para-hydroxylation sites is 2. The number of hydrogen-bond acceptors (Lipinski definition) is 3. The smallest absolute Gasteiger partial charge is 0.406 e. The zero-order valence-corrected chi connectivity index (χ0v) is 17.0. The maximum Gasteiger partial charge on any atom is 0.573 e. The number of guanidine groups is 1. The van der Waals surface area contributed by atoms with Gasteiger partial charge in [0.2, 0.25) is 0 Å². The fraction of sp³-hybridized carbons (Fsp3) is 0.222. The number of anilines is 1. The summed E-state index contributed by atoms with van der Waals surface area (Å²) < 4.78 is 40.2. The van der Waals surface area contributed by atoms with E-state index >= 15 is 0 Å². The van der Waals surface area contributed by atoms with Crippen molar-refractivity contribution in [2.24, 2.45) is 10.7 Å². The van der Waals surface area contributed by atoms with Crippen LogP contribution < -0.4 is 15.8 Å². The molecule has 1 heterocycles. The van der Waals surface area contributed by atoms with E-state index in [0.29, 0.717) is 12.2 Å². The van der Waals surface area contributed by atoms with Gasteiger partial charge in [-0.2, -0.15) is 0 Å². The molecular weight excluding hydrogens is 486 g/mol. The van der Waals surface area contributed by atoms with Crippen LogP contribution in [0.15, 0.2) is 53.5 Å². The molecule has 0 bridgehead atoms. The second-order valence-corrected chi connectivity index (χ2v) is 5.77. The van der Waals surface area contributed by atoms with E-state index in [4.69, 9.17) is 5.73 Å². The van der Waals surface area contributed by atoms with E-state index in [1.54, 1.807) is 0 Å². The third-order valence-electron chi connectivity index (χ3n) is 3.65. The molecule has 0 aliphatic rings. The van der Waals surface area contributed by atoms with Gasteiger partial charge in [-0.25, -0.2) is 4.98 Å². The zero-order chi connectivity index (χ0) is 19.3. The highest BCUT2D eigenvalue weighted by Crippen LogP contribution is 2.23. The number of nitrogens with zero attached hydrogens (tertiary/aromatic N) is 2. The van der Waals surface area contributed by atoms with E-state index in [1.807, 2.05) is 24.3 Å². The van der Waals surface area contributed by atoms with Crippen LogP contribution in [0.2, 0.25) is 0 Å². The number of aryl methyl sites for hydroxylation is 1. The number of fused-ring (bicyclic) bond motifs is 1. The topological polar surface area (TPSA) is 88.3 Å². The number of halogens is 4. The number of aromatic amines is 1. The summed E-state index contributed by atoms with van der Waals surface area (Å²) >= 11 is 0. The molecule has 0 aliphatic carbocycles. The predicted octanol–water partition coefficient (Wildman–Crippen LogP) is 4.44. The second-order valence-electron chi connectivity index (χ2n) is 5.77. The van der Waals surface area contributed by atoms with Gasteiger partial charge in [0.15, 0.2) is 5.96 Å². The van der Waals surface area contributed by atoms with Gasteiger partial charge in [0.25, 0.3) is 0 Å². The minimum Gasteiger partial charge on any atom is -0.406 e. The van der Waals surface area contributed by atoms with Crippen LogP contribution in [0.25, 0.3) is 11.0 Å². The Labute approximate surface area is 176 Å². The molecule has 0 aliphatic heterocycles. The molecule has 4 N–H and O–H groups in total. The summed E-state index contributed by atoms with van der Waals surface area (Å²) in [5.74, 6) is 0.775. The maximum absolute atomic E-state index is 12.1. The zero-order valence-electron chi connectivity index (χ0n) is 14.7. The number of benzene rings is 2. The molecule has 1 aromatic heterocycles. The van der Waals surface area contributed by atoms with Gasteiger partial charge in [-0.3, -0.25) is 4.99 Å². The molecule has 0 radical (unpaired) electrons. The lowest BCUT2D eigenvalue weighted by Gasteiger charge is -2.10. The fourth-order valence-electron chi connectivity index (χ4n) is 2.50. The number of alkyl halides is 3. The number of H-pyrrole nitrogens is 1. The summed E-state index contributed by atoms with van der Waals surface area (Å²) in [6.45, 7) is 0.491. The quantitative estimate of drug-likeness (QED) is 0.200. The Balaban J connectivity index is 0.00000280. The van der Waals surface area contributed by atoms with Crippen molar-refractivity contribution in [3.05, 3.63) is 54.4 Å². The lowest BCUT2D eigenvalue weighted by molar-refractivity contribution is -0.274. The summed E-state index contributed by atoms with van der Waals surface area (Å²) in [7, 11) is 0. The first kappa shape index (κ1) is 21.8. The minimum absolute atomic E-state index is 0. The number of imidazole rings is 1. The monoisotopic (exact) mass is 505 g/mol. The highest BCUT2D eigenvalue weighted by Gasteiger charge is 2.30. The molecule has 0 saturated carbocycles. The third-order valence-corrected chi connectivity index (χ3v) is 3.65. The number of hydrogen-bond donors (Lipinski definition) is 3. The van der Waals surface area contributed by atoms with Crippen molar-refractivity contribution in [2.75, 3.05) is 11.9 Å². The summed E-state index contributed by atoms with van der Waals surface area (Å²) in [4.78, 5) is 11.9. The molecule has 3 rings (SSSR count). The Morgan fingerprint density at radius 2 is 1.86 bits per heavy atom. The molecule has 0 fully saturated rings. The summed E-state index contributed by atoms with van der Waals surface area (Å²) in [6.07, 6.45) is -3.23. The maximum atomic E-state index is 12.1. The van der Waals surface area contributed by atoms with E-state index in [2.05, 4.69) is 25.0 Å². The normalized spacial score (nSPS) is 11.9. The highest BCUT2D eigenvalue weighted by molar-refractivity contribution is 14.0. The molecule has 3 aromatic rings. The van der Waals surface area contributed by atoms with E-state index in [-0.39, 0.29) is 35.7 Å². The molecule has 0 spiro atoms. The number of aliphatic imine (C=N–C) groups is 1. The van der Waals surface area contributed by atoms with Crippen molar-refractivity contribution in [1.29, 1.82) is 0 Å². The van der Waals surface area contributed by atoms with Gasteiger partial charge in [0.05, 0.1) is 11.0 Å². The molecule has 0 amide bonds. The van der Waals surface area contributed by atoms with Gasteiger partial charge in [0.1, 0.15) is 11.6 Å². The van der Waals surface area contributed by atoms with E-state index in [1.165, 1.54) is 24.3 Å². The molecular formula is C18H19F3IN5O. The van der Waals surface area contributed by atoms with Gasteiger partial charge >= 0.3 is 6.36 Å². The van der Waals surface area contributed by atoms with Gasteiger partial charge in [-0.05, 0) is 42.8 Å². The minimum atomic E-state index is -4.71. The Morgan fingerprint density at radius 1 is 1.14 bits per heavy atom. The molecule has 0 atom stereocenters. The average molecular weight is 505 g/mol. The SMILES string of the molecule is I.NC(=NCCCc1nc2ccccc2[nH]1)Nc1ccc(OC(F)(F)F)cc1. The first-order valence-electron chi connectivity index (χ1n) is 8.25. The number of ether oxygens (including phenoxy) is 1. The standard InChI is InChI=1S/C18H18F3N5O.HI/c19-18(20,21)27-13-9-7-12(8-10-13)24-17(22)23-11-3-6-16-25-14-4-1-2-5-15(14)26-16;/h1-2,4-5,7-10H,3,6,11H2,(H,25,26)(H3,22,23,24);1H. The Bertz CT molecular complexity index is 892. The first-order valence-corrected chi connectivity index (χ1v) is 8.25. The second kappa shape index (κ2) is 9.62. The lowest BCUT2D eigenvalue weighted by Crippen LogP contribution is -2.23. The van der Waals surface area contributed by atoms with Gasteiger partial charge in [-0.1, -0.05) is 12.1 Å². The first-order chi connectivity index (χ1) is 12.9. The van der Waals surface area contributed by atoms with Gasteiger partial charge < -0.3 is 20.8 Å². The Kier molecular flexibility index (Phi) is 7.49. The summed E-state index contributed by atoms with van der Waals surface area (Å²) in [6, 6.07) is 13.1. The van der Waals surface area contributed by atoms with Crippen LogP contribution in [0.5, 0.6) is 5.75 Å². The van der Waals surface area contributed by atoms with Crippen LogP contribution in [0.4, 0.5) is 18.9 Å². The molecule has 28 heavy (non-hydrogen) atoms. The van der Waals surface area contributed by atoms with Crippen LogP contribution >= 0.6 is 24.0 Å². The van der Waals surface area contributed by atoms with E-state index in [9.17, 15) is 13.2 Å². The van der Waals surface area contributed by atoms with Crippen molar-refractivity contribution < 1.29 is 17.9 Å². The van der Waals surface area contributed by atoms with Crippen molar-refractivity contribution in [1.82, 2.24) is 9.97 Å². The Morgan fingerprint density at radius 3 is 2.54 bits per heavy atom. The lowest BCUT2D eigenvalue weighted by atomic mass is 10.3. The molecule has 6 nitrogen and oxygen atoms in total. The fourth-order valence-corrected chi connectivity index (χ4v) is 2.50. The molecule has 2 aromatic carbocycles. The predicted molar refractivity (Wildman–Crippen MR) is 113 cm³/mol. The van der Waals surface area contributed by atoms with Crippen LogP contribution in [-0.4, -0.2) is 28.8 Å². The van der Waals surface area contributed by atoms with Crippen LogP contribution in [-0.2, 0) is 6.42 Å². The van der Waals surface area contributed by atoms with Gasteiger partial charge in [-0.15, -0.1) is 37.1 Å². The number of aromatic nitrogens is 2. The molecule has 0 saturated heterocycles. The molecule has 0 unspecified atom stereocenters.